The molecule has 1 rings (SSSR count). The smallest absolute Gasteiger partial charge is 0.326 e. The van der Waals surface area contributed by atoms with Gasteiger partial charge in [-0.1, -0.05) is 40.0 Å². The van der Waals surface area contributed by atoms with Crippen molar-refractivity contribution in [3.63, 3.8) is 0 Å². The lowest BCUT2D eigenvalue weighted by atomic mass is 9.85. The number of nitrogens with two attached hydrogens (primary N) is 1. The Kier molecular flexibility index (Phi) is 7.67. The van der Waals surface area contributed by atoms with E-state index in [2.05, 4.69) is 25.7 Å². The van der Waals surface area contributed by atoms with E-state index in [0.717, 1.165) is 51.2 Å². The Hall–Kier alpha value is -0.610. The Bertz CT molecular complexity index is 318. The van der Waals surface area contributed by atoms with Crippen molar-refractivity contribution in [2.24, 2.45) is 17.6 Å². The molecule has 0 bridgehead atoms. The third-order valence-electron chi connectivity index (χ3n) is 5.35. The molecule has 2 N–H and O–H groups in total. The molecule has 1 saturated carbocycles. The molecule has 124 valence electrons. The van der Waals surface area contributed by atoms with Crippen molar-refractivity contribution < 1.29 is 9.53 Å². The van der Waals surface area contributed by atoms with Gasteiger partial charge in [0.15, 0.2) is 0 Å². The molecule has 0 aromatic rings. The highest BCUT2D eigenvalue weighted by Gasteiger charge is 2.46. The quantitative estimate of drug-likeness (QED) is 0.665. The van der Waals surface area contributed by atoms with Gasteiger partial charge < -0.3 is 15.4 Å². The number of nitrogens with zero attached hydrogens (tertiary/aromatic N) is 1. The Morgan fingerprint density at radius 2 is 2.05 bits per heavy atom. The van der Waals surface area contributed by atoms with Gasteiger partial charge >= 0.3 is 5.97 Å². The lowest BCUT2D eigenvalue weighted by Gasteiger charge is -2.31. The number of hydrogen-bond donors (Lipinski definition) is 1. The van der Waals surface area contributed by atoms with E-state index in [1.807, 2.05) is 0 Å². The van der Waals surface area contributed by atoms with Crippen LogP contribution in [0.2, 0.25) is 0 Å². The Labute approximate surface area is 130 Å². The van der Waals surface area contributed by atoms with Crippen molar-refractivity contribution >= 4 is 5.97 Å². The first-order valence-electron chi connectivity index (χ1n) is 8.61. The van der Waals surface area contributed by atoms with Gasteiger partial charge in [-0.25, -0.2) is 0 Å². The standard InChI is InChI=1S/C17H34N2O2/c1-5-14(6-2)13-19(7-3)12-10-15-9-8-11-17(15,18)16(20)21-4/h14-15H,5-13,18H2,1-4H3. The molecule has 1 fully saturated rings. The van der Waals surface area contributed by atoms with Crippen molar-refractivity contribution in [3.8, 4) is 0 Å². The highest BCUT2D eigenvalue weighted by molar-refractivity contribution is 5.81. The fraction of sp³-hybridized carbons (Fsp3) is 0.941. The van der Waals surface area contributed by atoms with Gasteiger partial charge in [0.2, 0.25) is 0 Å². The van der Waals surface area contributed by atoms with Crippen molar-refractivity contribution in [2.45, 2.75) is 64.8 Å². The van der Waals surface area contributed by atoms with Crippen molar-refractivity contribution in [3.05, 3.63) is 0 Å². The lowest BCUT2D eigenvalue weighted by molar-refractivity contribution is -0.148. The first kappa shape index (κ1) is 18.4. The molecule has 0 aromatic heterocycles. The summed E-state index contributed by atoms with van der Waals surface area (Å²) in [7, 11) is 1.44. The average molecular weight is 298 g/mol. The Morgan fingerprint density at radius 1 is 1.38 bits per heavy atom. The summed E-state index contributed by atoms with van der Waals surface area (Å²) in [5, 5.41) is 0. The molecular formula is C17H34N2O2. The molecule has 2 unspecified atom stereocenters. The van der Waals surface area contributed by atoms with Gasteiger partial charge in [-0.15, -0.1) is 0 Å². The van der Waals surface area contributed by atoms with Gasteiger partial charge in [0, 0.05) is 6.54 Å². The number of ether oxygens (including phenoxy) is 1. The van der Waals surface area contributed by atoms with Crippen LogP contribution in [-0.2, 0) is 9.53 Å². The summed E-state index contributed by atoms with van der Waals surface area (Å²) in [4.78, 5) is 14.5. The molecule has 1 aliphatic rings. The van der Waals surface area contributed by atoms with Crippen LogP contribution in [0, 0.1) is 11.8 Å². The van der Waals surface area contributed by atoms with Gasteiger partial charge in [0.25, 0.3) is 0 Å². The molecule has 0 saturated heterocycles. The molecule has 4 heteroatoms. The second-order valence-electron chi connectivity index (χ2n) is 6.49. The first-order chi connectivity index (χ1) is 10.0. The zero-order valence-corrected chi connectivity index (χ0v) is 14.4. The van der Waals surface area contributed by atoms with Crippen LogP contribution < -0.4 is 5.73 Å². The van der Waals surface area contributed by atoms with Crippen molar-refractivity contribution in [1.29, 1.82) is 0 Å². The zero-order chi connectivity index (χ0) is 15.9. The fourth-order valence-corrected chi connectivity index (χ4v) is 3.59. The summed E-state index contributed by atoms with van der Waals surface area (Å²) in [6.45, 7) is 10.0. The molecule has 21 heavy (non-hydrogen) atoms. The normalized spacial score (nSPS) is 25.8. The van der Waals surface area contributed by atoms with Gasteiger partial charge in [-0.05, 0) is 44.2 Å². The minimum absolute atomic E-state index is 0.229. The van der Waals surface area contributed by atoms with E-state index in [1.165, 1.54) is 20.0 Å². The van der Waals surface area contributed by atoms with Crippen LogP contribution in [0.5, 0.6) is 0 Å². The molecule has 0 amide bonds. The van der Waals surface area contributed by atoms with E-state index < -0.39 is 5.54 Å². The predicted molar refractivity (Wildman–Crippen MR) is 87.1 cm³/mol. The van der Waals surface area contributed by atoms with Crippen molar-refractivity contribution in [1.82, 2.24) is 4.90 Å². The van der Waals surface area contributed by atoms with E-state index in [4.69, 9.17) is 10.5 Å². The molecule has 0 heterocycles. The van der Waals surface area contributed by atoms with Gasteiger partial charge in [0.05, 0.1) is 7.11 Å². The molecule has 0 spiro atoms. The molecule has 2 atom stereocenters. The summed E-state index contributed by atoms with van der Waals surface area (Å²) >= 11 is 0. The minimum Gasteiger partial charge on any atom is -0.468 e. The van der Waals surface area contributed by atoms with Gasteiger partial charge in [-0.3, -0.25) is 4.79 Å². The van der Waals surface area contributed by atoms with Crippen LogP contribution in [0.3, 0.4) is 0 Å². The van der Waals surface area contributed by atoms with E-state index in [0.29, 0.717) is 0 Å². The van der Waals surface area contributed by atoms with E-state index in [-0.39, 0.29) is 11.9 Å². The Balaban J connectivity index is 2.53. The van der Waals surface area contributed by atoms with Crippen LogP contribution in [0.25, 0.3) is 0 Å². The second kappa shape index (κ2) is 8.74. The summed E-state index contributed by atoms with van der Waals surface area (Å²) in [5.74, 6) is 0.811. The first-order valence-corrected chi connectivity index (χ1v) is 8.61. The van der Waals surface area contributed by atoms with Crippen LogP contribution in [0.15, 0.2) is 0 Å². The summed E-state index contributed by atoms with van der Waals surface area (Å²) in [6.07, 6.45) is 6.32. The third kappa shape index (κ3) is 4.68. The van der Waals surface area contributed by atoms with Crippen LogP contribution in [-0.4, -0.2) is 43.2 Å². The minimum atomic E-state index is -0.747. The molecule has 1 aliphatic carbocycles. The number of hydrogen-bond acceptors (Lipinski definition) is 4. The summed E-state index contributed by atoms with van der Waals surface area (Å²) in [5.41, 5.74) is 5.60. The average Bonchev–Trinajstić information content (AvgIpc) is 2.89. The van der Waals surface area contributed by atoms with E-state index in [1.54, 1.807) is 0 Å². The maximum atomic E-state index is 12.0. The van der Waals surface area contributed by atoms with Crippen LogP contribution in [0.1, 0.15) is 59.3 Å². The fourth-order valence-electron chi connectivity index (χ4n) is 3.59. The van der Waals surface area contributed by atoms with Crippen LogP contribution in [0.4, 0.5) is 0 Å². The van der Waals surface area contributed by atoms with E-state index >= 15 is 0 Å². The molecule has 0 aromatic carbocycles. The molecule has 0 aliphatic heterocycles. The number of carbonyl (C=O) groups is 1. The maximum Gasteiger partial charge on any atom is 0.326 e. The van der Waals surface area contributed by atoms with Crippen molar-refractivity contribution in [2.75, 3.05) is 26.7 Å². The predicted octanol–water partition coefficient (Wildman–Crippen LogP) is 2.81. The molecule has 4 nitrogen and oxygen atoms in total. The largest absolute Gasteiger partial charge is 0.468 e. The highest BCUT2D eigenvalue weighted by atomic mass is 16.5. The number of esters is 1. The number of methoxy groups -OCH3 is 1. The SMILES string of the molecule is CCC(CC)CN(CC)CCC1CCCC1(N)C(=O)OC. The maximum absolute atomic E-state index is 12.0. The molecular weight excluding hydrogens is 264 g/mol. The van der Waals surface area contributed by atoms with E-state index in [9.17, 15) is 4.79 Å². The van der Waals surface area contributed by atoms with Crippen LogP contribution >= 0.6 is 0 Å². The lowest BCUT2D eigenvalue weighted by Crippen LogP contribution is -2.52. The summed E-state index contributed by atoms with van der Waals surface area (Å²) in [6, 6.07) is 0. The van der Waals surface area contributed by atoms with Gasteiger partial charge in [0.1, 0.15) is 5.54 Å². The highest BCUT2D eigenvalue weighted by Crippen LogP contribution is 2.37. The number of carbonyl (C=O) groups excluding carboxylic acids is 1. The zero-order valence-electron chi connectivity index (χ0n) is 14.4. The topological polar surface area (TPSA) is 55.6 Å². The molecule has 0 radical (unpaired) electrons. The van der Waals surface area contributed by atoms with Gasteiger partial charge in [-0.2, -0.15) is 0 Å². The Morgan fingerprint density at radius 3 is 2.57 bits per heavy atom. The second-order valence-corrected chi connectivity index (χ2v) is 6.49. The summed E-state index contributed by atoms with van der Waals surface area (Å²) < 4.78 is 4.92. The third-order valence-corrected chi connectivity index (χ3v) is 5.35. The number of rotatable bonds is 9. The monoisotopic (exact) mass is 298 g/mol.